The summed E-state index contributed by atoms with van der Waals surface area (Å²) in [6.07, 6.45) is 3.21. The van der Waals surface area contributed by atoms with E-state index in [-0.39, 0.29) is 11.7 Å². The largest absolute Gasteiger partial charge is 0.443 e. The van der Waals surface area contributed by atoms with E-state index in [9.17, 15) is 14.0 Å². The molecule has 0 aliphatic carbocycles. The van der Waals surface area contributed by atoms with Gasteiger partial charge in [-0.2, -0.15) is 0 Å². The lowest BCUT2D eigenvalue weighted by atomic mass is 10.1. The van der Waals surface area contributed by atoms with Crippen LogP contribution in [-0.4, -0.2) is 70.8 Å². The van der Waals surface area contributed by atoms with E-state index in [1.807, 2.05) is 37.3 Å². The summed E-state index contributed by atoms with van der Waals surface area (Å²) in [5, 5.41) is 2.98. The number of benzene rings is 2. The summed E-state index contributed by atoms with van der Waals surface area (Å²) >= 11 is 1.43. The molecule has 0 bridgehead atoms. The topological polar surface area (TPSA) is 79.2 Å². The van der Waals surface area contributed by atoms with Crippen LogP contribution in [0.1, 0.15) is 56.0 Å². The van der Waals surface area contributed by atoms with Crippen LogP contribution in [0.25, 0.3) is 26.4 Å². The predicted octanol–water partition coefficient (Wildman–Crippen LogP) is 6.21. The van der Waals surface area contributed by atoms with Crippen LogP contribution in [0.4, 0.5) is 19.3 Å². The quantitative estimate of drug-likeness (QED) is 0.268. The molecule has 42 heavy (non-hydrogen) atoms. The van der Waals surface area contributed by atoms with Crippen LogP contribution in [0.15, 0.2) is 36.5 Å². The third kappa shape index (κ3) is 5.85. The van der Waals surface area contributed by atoms with E-state index < -0.39 is 17.9 Å². The summed E-state index contributed by atoms with van der Waals surface area (Å²) in [7, 11) is 0. The Kier molecular flexibility index (Phi) is 7.65. The lowest BCUT2D eigenvalue weighted by Crippen LogP contribution is -2.36. The number of halogens is 2. The second-order valence-electron chi connectivity index (χ2n) is 12.0. The number of carbonyl (C=O) groups excluding carboxylic acids is 2. The van der Waals surface area contributed by atoms with E-state index in [2.05, 4.69) is 10.2 Å². The van der Waals surface area contributed by atoms with Crippen molar-refractivity contribution in [3.05, 3.63) is 53.5 Å². The number of hydrogen-bond donors (Lipinski definition) is 1. The number of likely N-dealkylation sites (tertiary alicyclic amines) is 1. The van der Waals surface area contributed by atoms with Crippen LogP contribution in [-0.2, 0) is 11.2 Å². The van der Waals surface area contributed by atoms with Gasteiger partial charge < -0.3 is 15.0 Å². The number of piperidine rings is 1. The van der Waals surface area contributed by atoms with Gasteiger partial charge in [0, 0.05) is 43.5 Å². The highest BCUT2D eigenvalue weighted by molar-refractivity contribution is 7.23. The zero-order chi connectivity index (χ0) is 29.6. The molecular weight excluding hydrogens is 560 g/mol. The molecule has 11 heteroatoms. The Hall–Kier alpha value is -3.57. The van der Waals surface area contributed by atoms with Crippen molar-refractivity contribution >= 4 is 44.2 Å². The number of thiazole rings is 1. The van der Waals surface area contributed by atoms with Gasteiger partial charge in [-0.15, -0.1) is 0 Å². The van der Waals surface area contributed by atoms with Gasteiger partial charge in [0.05, 0.1) is 21.6 Å². The van der Waals surface area contributed by atoms with Crippen LogP contribution in [0.3, 0.4) is 0 Å². The number of aromatic nitrogens is 2. The zero-order valence-corrected chi connectivity index (χ0v) is 24.9. The molecule has 2 aromatic carbocycles. The van der Waals surface area contributed by atoms with E-state index in [1.54, 1.807) is 23.2 Å². The average Bonchev–Trinajstić information content (AvgIpc) is 3.62. The molecule has 1 saturated heterocycles. The molecule has 4 aromatic rings. The first-order valence-corrected chi connectivity index (χ1v) is 15.3. The van der Waals surface area contributed by atoms with E-state index in [4.69, 9.17) is 9.72 Å². The molecule has 2 amide bonds. The summed E-state index contributed by atoms with van der Waals surface area (Å²) in [5.74, 6) is -0.526. The lowest BCUT2D eigenvalue weighted by Gasteiger charge is -2.28. The Morgan fingerprint density at radius 3 is 2.69 bits per heavy atom. The van der Waals surface area contributed by atoms with Crippen molar-refractivity contribution in [1.29, 1.82) is 0 Å². The number of nitrogens with one attached hydrogen (secondary N) is 1. The molecule has 4 heterocycles. The molecule has 222 valence electrons. The number of amides is 2. The highest BCUT2D eigenvalue weighted by atomic mass is 32.1. The Balaban J connectivity index is 1.16. The summed E-state index contributed by atoms with van der Waals surface area (Å²) in [5.41, 5.74) is 3.00. The molecule has 2 aromatic heterocycles. The third-order valence-corrected chi connectivity index (χ3v) is 8.78. The van der Waals surface area contributed by atoms with E-state index in [1.165, 1.54) is 17.4 Å². The molecule has 0 saturated carbocycles. The van der Waals surface area contributed by atoms with Gasteiger partial charge in [0.25, 0.3) is 5.91 Å². The van der Waals surface area contributed by atoms with Gasteiger partial charge in [0.2, 0.25) is 0 Å². The minimum atomic E-state index is -0.681. The van der Waals surface area contributed by atoms with Crippen LogP contribution in [0, 0.1) is 5.82 Å². The number of alkyl halides is 1. The number of imidazole rings is 1. The van der Waals surface area contributed by atoms with Crippen molar-refractivity contribution < 1.29 is 23.1 Å². The van der Waals surface area contributed by atoms with Crippen LogP contribution in [0.2, 0.25) is 0 Å². The van der Waals surface area contributed by atoms with Crippen LogP contribution in [0.5, 0.6) is 0 Å². The summed E-state index contributed by atoms with van der Waals surface area (Å²) in [6.45, 7) is 8.84. The Labute approximate surface area is 247 Å². The van der Waals surface area contributed by atoms with Crippen molar-refractivity contribution in [2.75, 3.05) is 37.6 Å². The lowest BCUT2D eigenvalue weighted by molar-refractivity contribution is 0.0583. The van der Waals surface area contributed by atoms with Crippen molar-refractivity contribution in [3.63, 3.8) is 0 Å². The fourth-order valence-corrected chi connectivity index (χ4v) is 6.66. The van der Waals surface area contributed by atoms with Crippen molar-refractivity contribution in [2.24, 2.45) is 0 Å². The Bertz CT molecular complexity index is 1650. The number of nitrogens with zero attached hydrogens (tertiary/aromatic N) is 4. The number of ether oxygens (including phenoxy) is 1. The fraction of sp³-hybridized carbons (Fsp3) is 0.452. The molecule has 2 aliphatic rings. The molecule has 0 atom stereocenters. The van der Waals surface area contributed by atoms with Gasteiger partial charge in [-0.3, -0.25) is 14.1 Å². The number of fused-ring (bicyclic) bond motifs is 4. The average molecular weight is 596 g/mol. The third-order valence-electron chi connectivity index (χ3n) is 7.76. The maximum absolute atomic E-state index is 15.2. The van der Waals surface area contributed by atoms with Crippen LogP contribution >= 0.6 is 11.3 Å². The number of carbonyl (C=O) groups is 2. The van der Waals surface area contributed by atoms with Crippen LogP contribution < -0.4 is 10.2 Å². The standard InChI is InChI=1S/C31H35F2N5O3S/c1-31(2,3)41-30(40)37-14-7-19-15-23(33)22(17-26(19)37)24-18-38-25-6-5-20(16-27(25)42-29(38)35-24)28(39)34-10-4-11-36-12-8-21(32)9-13-36/h5-6,15-18,21H,4,7-14H2,1-3H3,(H,34,39). The minimum absolute atomic E-state index is 0.138. The van der Waals surface area contributed by atoms with Crippen molar-refractivity contribution in [1.82, 2.24) is 19.6 Å². The predicted molar refractivity (Wildman–Crippen MR) is 161 cm³/mol. The van der Waals surface area contributed by atoms with Crippen molar-refractivity contribution in [2.45, 2.75) is 58.2 Å². The van der Waals surface area contributed by atoms with E-state index >= 15 is 4.39 Å². The van der Waals surface area contributed by atoms with Gasteiger partial charge in [-0.25, -0.2) is 18.6 Å². The molecule has 0 unspecified atom stereocenters. The second kappa shape index (κ2) is 11.3. The molecule has 8 nitrogen and oxygen atoms in total. The summed E-state index contributed by atoms with van der Waals surface area (Å²) in [6, 6.07) is 8.68. The molecular formula is C31H35F2N5O3S. The molecule has 0 spiro atoms. The molecule has 1 N–H and O–H groups in total. The highest BCUT2D eigenvalue weighted by Crippen LogP contribution is 2.37. The Morgan fingerprint density at radius 1 is 1.14 bits per heavy atom. The maximum Gasteiger partial charge on any atom is 0.414 e. The summed E-state index contributed by atoms with van der Waals surface area (Å²) in [4.78, 5) is 34.7. The van der Waals surface area contributed by atoms with Gasteiger partial charge in [0.15, 0.2) is 4.96 Å². The normalized spacial score (nSPS) is 16.4. The van der Waals surface area contributed by atoms with Crippen molar-refractivity contribution in [3.8, 4) is 11.3 Å². The molecule has 0 radical (unpaired) electrons. The van der Waals surface area contributed by atoms with E-state index in [0.717, 1.165) is 41.8 Å². The Morgan fingerprint density at radius 2 is 1.93 bits per heavy atom. The second-order valence-corrected chi connectivity index (χ2v) is 13.0. The fourth-order valence-electron chi connectivity index (χ4n) is 5.61. The molecule has 2 aliphatic heterocycles. The number of anilines is 1. The number of rotatable bonds is 6. The van der Waals surface area contributed by atoms with E-state index in [0.29, 0.717) is 59.8 Å². The number of hydrogen-bond acceptors (Lipinski definition) is 6. The first kappa shape index (κ1) is 28.5. The minimum Gasteiger partial charge on any atom is -0.443 e. The monoisotopic (exact) mass is 595 g/mol. The first-order valence-electron chi connectivity index (χ1n) is 14.5. The summed E-state index contributed by atoms with van der Waals surface area (Å²) < 4.78 is 36.9. The van der Waals surface area contributed by atoms with Gasteiger partial charge in [0.1, 0.15) is 17.6 Å². The molecule has 6 rings (SSSR count). The zero-order valence-electron chi connectivity index (χ0n) is 24.1. The van der Waals surface area contributed by atoms with Gasteiger partial charge >= 0.3 is 6.09 Å². The van der Waals surface area contributed by atoms with Gasteiger partial charge in [-0.1, -0.05) is 11.3 Å². The van der Waals surface area contributed by atoms with Gasteiger partial charge in [-0.05, 0) is 88.9 Å². The molecule has 1 fully saturated rings. The SMILES string of the molecule is CC(C)(C)OC(=O)N1CCc2cc(F)c(-c3cn4c(n3)sc3cc(C(=O)NCCCN5CCC(F)CC5)ccc34)cc21. The smallest absolute Gasteiger partial charge is 0.414 e. The highest BCUT2D eigenvalue weighted by Gasteiger charge is 2.30. The maximum atomic E-state index is 15.2. The first-order chi connectivity index (χ1) is 20.1.